The number of carbonyl (C=O) groups excluding carboxylic acids is 3. The molecule has 2 amide bonds. The smallest absolute Gasteiger partial charge is 0.410 e. The third kappa shape index (κ3) is 10.8. The van der Waals surface area contributed by atoms with Gasteiger partial charge in [0, 0.05) is 87.9 Å². The van der Waals surface area contributed by atoms with Gasteiger partial charge in [-0.15, -0.1) is 0 Å². The fourth-order valence-electron chi connectivity index (χ4n) is 4.96. The molecule has 0 atom stereocenters. The van der Waals surface area contributed by atoms with Crippen molar-refractivity contribution in [3.8, 4) is 0 Å². The van der Waals surface area contributed by atoms with E-state index in [4.69, 9.17) is 9.47 Å². The van der Waals surface area contributed by atoms with Gasteiger partial charge >= 0.3 is 12.2 Å². The van der Waals surface area contributed by atoms with E-state index in [-0.39, 0.29) is 17.9 Å². The predicted molar refractivity (Wildman–Crippen MR) is 179 cm³/mol. The summed E-state index contributed by atoms with van der Waals surface area (Å²) in [6.07, 6.45) is 1.88. The second-order valence-corrected chi connectivity index (χ2v) is 13.2. The largest absolute Gasteiger partial charge is 0.444 e. The van der Waals surface area contributed by atoms with E-state index in [1.165, 1.54) is 6.92 Å². The van der Waals surface area contributed by atoms with Crippen LogP contribution in [0.2, 0.25) is 0 Å². The maximum atomic E-state index is 12.1. The zero-order chi connectivity index (χ0) is 34.1. The number of rotatable bonds is 5. The molecule has 0 unspecified atom stereocenters. The molecule has 0 spiro atoms. The predicted octanol–water partition coefficient (Wildman–Crippen LogP) is 5.94. The molecule has 0 bridgehead atoms. The lowest BCUT2D eigenvalue weighted by atomic mass is 10.1. The third-order valence-corrected chi connectivity index (χ3v) is 7.20. The molecule has 2 fully saturated rings. The first-order valence-corrected chi connectivity index (χ1v) is 15.5. The number of hydrogen-bond donors (Lipinski definition) is 0. The Morgan fingerprint density at radius 3 is 1.43 bits per heavy atom. The highest BCUT2D eigenvalue weighted by Crippen LogP contribution is 2.25. The van der Waals surface area contributed by atoms with Gasteiger partial charge in [-0.25, -0.2) is 9.59 Å². The number of aldehydes is 1. The fourth-order valence-corrected chi connectivity index (χ4v) is 4.96. The summed E-state index contributed by atoms with van der Waals surface area (Å²) < 4.78 is 10.8. The Balaban J connectivity index is 0.000000254. The van der Waals surface area contributed by atoms with Gasteiger partial charge < -0.3 is 29.1 Å². The van der Waals surface area contributed by atoms with Crippen molar-refractivity contribution in [2.45, 2.75) is 59.7 Å². The van der Waals surface area contributed by atoms with Gasteiger partial charge in [0.1, 0.15) is 11.2 Å². The minimum Gasteiger partial charge on any atom is -0.444 e. The molecule has 250 valence electrons. The second-order valence-electron chi connectivity index (χ2n) is 13.2. The van der Waals surface area contributed by atoms with Gasteiger partial charge in [-0.1, -0.05) is 30.3 Å². The average molecular weight is 638 g/mol. The van der Waals surface area contributed by atoms with Crippen molar-refractivity contribution in [3.05, 3.63) is 75.5 Å². The van der Waals surface area contributed by atoms with E-state index < -0.39 is 16.1 Å². The number of anilines is 2. The maximum Gasteiger partial charge on any atom is 0.410 e. The van der Waals surface area contributed by atoms with Crippen LogP contribution in [0.15, 0.2) is 54.2 Å². The summed E-state index contributed by atoms with van der Waals surface area (Å²) in [4.78, 5) is 53.4. The minimum atomic E-state index is -0.508. The summed E-state index contributed by atoms with van der Waals surface area (Å²) in [5, 5.41) is 10.9. The molecule has 2 aliphatic heterocycles. The van der Waals surface area contributed by atoms with Crippen LogP contribution in [0.25, 0.3) is 6.08 Å². The van der Waals surface area contributed by atoms with Crippen LogP contribution >= 0.6 is 0 Å². The topological polar surface area (TPSA) is 126 Å². The number of amides is 2. The van der Waals surface area contributed by atoms with Crippen LogP contribution in [0.5, 0.6) is 0 Å². The number of ether oxygens (including phenoxy) is 2. The van der Waals surface area contributed by atoms with Gasteiger partial charge in [0.15, 0.2) is 6.29 Å². The Kier molecular flexibility index (Phi) is 12.2. The third-order valence-electron chi connectivity index (χ3n) is 7.20. The number of hydrogen-bond acceptors (Lipinski definition) is 9. The van der Waals surface area contributed by atoms with Gasteiger partial charge in [-0.2, -0.15) is 0 Å². The molecule has 2 saturated heterocycles. The molecule has 12 heteroatoms. The fraction of sp³-hybridized carbons (Fsp3) is 0.500. The number of nitro groups is 1. The second kappa shape index (κ2) is 15.6. The number of benzene rings is 2. The van der Waals surface area contributed by atoms with Gasteiger partial charge in [0.2, 0.25) is 5.70 Å². The Bertz CT molecular complexity index is 1400. The molecule has 4 rings (SSSR count). The Hall–Kier alpha value is -4.61. The lowest BCUT2D eigenvalue weighted by molar-refractivity contribution is -0.422. The van der Waals surface area contributed by atoms with E-state index in [1.54, 1.807) is 15.9 Å². The SMILES string of the molecule is C/C(=C\c1ccccc1N1CCN(C(=O)OC(C)(C)C)CC1)[N+](=O)[O-].CC(C)(C)OC(=O)N1CCN(c2ccccc2C=O)CC1. The molecule has 46 heavy (non-hydrogen) atoms. The number of para-hydroxylation sites is 2. The molecule has 12 nitrogen and oxygen atoms in total. The van der Waals surface area contributed by atoms with Crippen molar-refractivity contribution in [1.29, 1.82) is 0 Å². The summed E-state index contributed by atoms with van der Waals surface area (Å²) in [6.45, 7) is 17.6. The van der Waals surface area contributed by atoms with Crippen molar-refractivity contribution in [1.82, 2.24) is 9.80 Å². The molecule has 0 aromatic heterocycles. The molecule has 0 saturated carbocycles. The zero-order valence-corrected chi connectivity index (χ0v) is 28.0. The molecule has 0 N–H and O–H groups in total. The standard InChI is InChI=1S/C18H25N3O4.C16H22N2O3/c1-14(21(23)24)13-15-7-5-6-8-16(15)19-9-11-20(12-10-19)17(22)25-18(2,3)4;1-16(2,3)21-15(20)18-10-8-17(9-11-18)14-7-5-4-6-13(14)12-19/h5-8,13H,9-12H2,1-4H3;4-7,12H,8-11H2,1-3H3/b14-13+;. The number of carbonyl (C=O) groups is 3. The van der Waals surface area contributed by atoms with Crippen molar-refractivity contribution in [3.63, 3.8) is 0 Å². The molecule has 2 aromatic rings. The molecule has 2 aromatic carbocycles. The molecule has 0 aliphatic carbocycles. The normalized spacial score (nSPS) is 15.8. The van der Waals surface area contributed by atoms with E-state index >= 15 is 0 Å². The zero-order valence-electron chi connectivity index (χ0n) is 28.0. The quantitative estimate of drug-likeness (QED) is 0.223. The first-order chi connectivity index (χ1) is 21.6. The molecule has 2 aliphatic rings. The van der Waals surface area contributed by atoms with E-state index in [0.29, 0.717) is 57.9 Å². The number of nitrogens with zero attached hydrogens (tertiary/aromatic N) is 5. The maximum absolute atomic E-state index is 12.1. The monoisotopic (exact) mass is 637 g/mol. The molecular weight excluding hydrogens is 590 g/mol. The number of piperazine rings is 2. The molecule has 2 heterocycles. The summed E-state index contributed by atoms with van der Waals surface area (Å²) in [6, 6.07) is 15.1. The van der Waals surface area contributed by atoms with Crippen molar-refractivity contribution < 1.29 is 28.8 Å². The van der Waals surface area contributed by atoms with Gasteiger partial charge in [0.25, 0.3) is 0 Å². The van der Waals surface area contributed by atoms with Crippen LogP contribution in [0.4, 0.5) is 21.0 Å². The van der Waals surface area contributed by atoms with Crippen molar-refractivity contribution in [2.24, 2.45) is 0 Å². The summed E-state index contributed by atoms with van der Waals surface area (Å²) in [5.74, 6) is 0. The van der Waals surface area contributed by atoms with Crippen LogP contribution in [0.1, 0.15) is 64.4 Å². The van der Waals surface area contributed by atoms with Crippen LogP contribution in [-0.2, 0) is 9.47 Å². The highest BCUT2D eigenvalue weighted by molar-refractivity contribution is 5.84. The van der Waals surface area contributed by atoms with E-state index in [9.17, 15) is 24.5 Å². The Morgan fingerprint density at radius 1 is 0.696 bits per heavy atom. The average Bonchev–Trinajstić information content (AvgIpc) is 3.00. The van der Waals surface area contributed by atoms with Crippen LogP contribution in [-0.4, -0.2) is 96.8 Å². The van der Waals surface area contributed by atoms with Crippen LogP contribution in [0.3, 0.4) is 0 Å². The molecular formula is C34H47N5O7. The summed E-state index contributed by atoms with van der Waals surface area (Å²) >= 11 is 0. The van der Waals surface area contributed by atoms with E-state index in [2.05, 4.69) is 9.80 Å². The summed E-state index contributed by atoms with van der Waals surface area (Å²) in [5.41, 5.74) is 2.47. The first kappa shape index (κ1) is 35.9. The van der Waals surface area contributed by atoms with Crippen molar-refractivity contribution in [2.75, 3.05) is 62.2 Å². The van der Waals surface area contributed by atoms with E-state index in [1.807, 2.05) is 90.1 Å². The van der Waals surface area contributed by atoms with Gasteiger partial charge in [-0.05, 0) is 59.7 Å². The minimum absolute atomic E-state index is 0.0971. The Labute approximate surface area is 271 Å². The summed E-state index contributed by atoms with van der Waals surface area (Å²) in [7, 11) is 0. The van der Waals surface area contributed by atoms with Gasteiger partial charge in [-0.3, -0.25) is 14.9 Å². The van der Waals surface area contributed by atoms with Crippen LogP contribution < -0.4 is 9.80 Å². The molecule has 0 radical (unpaired) electrons. The van der Waals surface area contributed by atoms with Crippen molar-refractivity contribution >= 4 is 35.9 Å². The Morgan fingerprint density at radius 2 is 1.07 bits per heavy atom. The highest BCUT2D eigenvalue weighted by atomic mass is 16.6. The highest BCUT2D eigenvalue weighted by Gasteiger charge is 2.28. The van der Waals surface area contributed by atoms with Gasteiger partial charge in [0.05, 0.1) is 4.92 Å². The first-order valence-electron chi connectivity index (χ1n) is 15.5. The number of allylic oxidation sites excluding steroid dienone is 1. The van der Waals surface area contributed by atoms with E-state index in [0.717, 1.165) is 23.2 Å². The lowest BCUT2D eigenvalue weighted by Crippen LogP contribution is -2.50. The lowest BCUT2D eigenvalue weighted by Gasteiger charge is -2.37. The van der Waals surface area contributed by atoms with Crippen LogP contribution in [0, 0.1) is 10.1 Å².